The molecule has 2 nitrogen and oxygen atoms in total. The molecule has 0 saturated carbocycles. The first-order valence-corrected chi connectivity index (χ1v) is 6.28. The van der Waals surface area contributed by atoms with Gasteiger partial charge >= 0.3 is 0 Å². The SMILES string of the molecule is NCc1ccc(Oc2ccccc2Br)cc1Cl. The third-order valence-corrected chi connectivity index (χ3v) is 3.32. The predicted octanol–water partition coefficient (Wildman–Crippen LogP) is 4.35. The third kappa shape index (κ3) is 3.00. The largest absolute Gasteiger partial charge is 0.456 e. The summed E-state index contributed by atoms with van der Waals surface area (Å²) < 4.78 is 6.62. The monoisotopic (exact) mass is 311 g/mol. The zero-order valence-corrected chi connectivity index (χ0v) is 11.3. The number of benzene rings is 2. The average Bonchev–Trinajstić information content (AvgIpc) is 2.32. The van der Waals surface area contributed by atoms with E-state index >= 15 is 0 Å². The van der Waals surface area contributed by atoms with Crippen LogP contribution in [0.4, 0.5) is 0 Å². The topological polar surface area (TPSA) is 35.2 Å². The van der Waals surface area contributed by atoms with Gasteiger partial charge in [-0.05, 0) is 45.8 Å². The lowest BCUT2D eigenvalue weighted by molar-refractivity contribution is 0.479. The average molecular weight is 313 g/mol. The van der Waals surface area contributed by atoms with Crippen molar-refractivity contribution in [2.75, 3.05) is 0 Å². The van der Waals surface area contributed by atoms with Gasteiger partial charge in [-0.25, -0.2) is 0 Å². The lowest BCUT2D eigenvalue weighted by atomic mass is 10.2. The van der Waals surface area contributed by atoms with Gasteiger partial charge in [0.25, 0.3) is 0 Å². The standard InChI is InChI=1S/C13H11BrClNO/c14-11-3-1-2-4-13(11)17-10-6-5-9(8-16)12(15)7-10/h1-7H,8,16H2. The lowest BCUT2D eigenvalue weighted by Gasteiger charge is -2.09. The molecule has 0 heterocycles. The Kier molecular flexibility index (Phi) is 4.05. The van der Waals surface area contributed by atoms with Crippen LogP contribution in [0.1, 0.15) is 5.56 Å². The molecule has 2 aromatic rings. The van der Waals surface area contributed by atoms with Crippen LogP contribution in [0.5, 0.6) is 11.5 Å². The number of halogens is 2. The maximum Gasteiger partial charge on any atom is 0.141 e. The predicted molar refractivity (Wildman–Crippen MR) is 73.6 cm³/mol. The van der Waals surface area contributed by atoms with Gasteiger partial charge in [0.05, 0.1) is 4.47 Å². The molecule has 4 heteroatoms. The minimum Gasteiger partial charge on any atom is -0.456 e. The molecular weight excluding hydrogens is 302 g/mol. The highest BCUT2D eigenvalue weighted by atomic mass is 79.9. The van der Waals surface area contributed by atoms with Crippen molar-refractivity contribution in [3.8, 4) is 11.5 Å². The van der Waals surface area contributed by atoms with Gasteiger partial charge in [0, 0.05) is 11.6 Å². The molecule has 0 radical (unpaired) electrons. The molecule has 0 aliphatic heterocycles. The lowest BCUT2D eigenvalue weighted by Crippen LogP contribution is -1.97. The van der Waals surface area contributed by atoms with Crippen LogP contribution < -0.4 is 10.5 Å². The number of rotatable bonds is 3. The van der Waals surface area contributed by atoms with Gasteiger partial charge in [0.2, 0.25) is 0 Å². The quantitative estimate of drug-likeness (QED) is 0.914. The number of nitrogens with two attached hydrogens (primary N) is 1. The number of hydrogen-bond donors (Lipinski definition) is 1. The van der Waals surface area contributed by atoms with Crippen molar-refractivity contribution < 1.29 is 4.74 Å². The van der Waals surface area contributed by atoms with E-state index in [-0.39, 0.29) is 0 Å². The molecule has 2 N–H and O–H groups in total. The van der Waals surface area contributed by atoms with Gasteiger partial charge in [-0.1, -0.05) is 29.8 Å². The molecule has 88 valence electrons. The molecule has 0 aliphatic carbocycles. The molecule has 0 aromatic heterocycles. The number of para-hydroxylation sites is 1. The fourth-order valence-corrected chi connectivity index (χ4v) is 2.02. The molecule has 0 fully saturated rings. The van der Waals surface area contributed by atoms with Gasteiger partial charge in [-0.2, -0.15) is 0 Å². The van der Waals surface area contributed by atoms with E-state index in [1.54, 1.807) is 6.07 Å². The van der Waals surface area contributed by atoms with Crippen molar-refractivity contribution >= 4 is 27.5 Å². The second kappa shape index (κ2) is 5.54. The Morgan fingerprint density at radius 1 is 1.18 bits per heavy atom. The maximum atomic E-state index is 6.06. The summed E-state index contributed by atoms with van der Waals surface area (Å²) in [6, 6.07) is 13.1. The summed E-state index contributed by atoms with van der Waals surface area (Å²) in [4.78, 5) is 0. The van der Waals surface area contributed by atoms with E-state index in [2.05, 4.69) is 15.9 Å². The van der Waals surface area contributed by atoms with Crippen molar-refractivity contribution in [3.63, 3.8) is 0 Å². The van der Waals surface area contributed by atoms with Crippen LogP contribution in [-0.4, -0.2) is 0 Å². The number of ether oxygens (including phenoxy) is 1. The maximum absolute atomic E-state index is 6.06. The Morgan fingerprint density at radius 3 is 2.59 bits per heavy atom. The number of hydrogen-bond acceptors (Lipinski definition) is 2. The molecule has 0 bridgehead atoms. The van der Waals surface area contributed by atoms with Crippen LogP contribution >= 0.6 is 27.5 Å². The minimum absolute atomic E-state index is 0.425. The first-order chi connectivity index (χ1) is 8.20. The van der Waals surface area contributed by atoms with Gasteiger partial charge < -0.3 is 10.5 Å². The molecule has 0 aliphatic rings. The Labute approximate surface area is 113 Å². The first kappa shape index (κ1) is 12.4. The highest BCUT2D eigenvalue weighted by molar-refractivity contribution is 9.10. The van der Waals surface area contributed by atoms with E-state index < -0.39 is 0 Å². The van der Waals surface area contributed by atoms with Crippen LogP contribution in [0.3, 0.4) is 0 Å². The van der Waals surface area contributed by atoms with Crippen LogP contribution in [-0.2, 0) is 6.54 Å². The summed E-state index contributed by atoms with van der Waals surface area (Å²) in [5, 5.41) is 0.622. The van der Waals surface area contributed by atoms with Crippen LogP contribution in [0.15, 0.2) is 46.9 Å². The summed E-state index contributed by atoms with van der Waals surface area (Å²) >= 11 is 9.49. The molecule has 2 aromatic carbocycles. The second-order valence-electron chi connectivity index (χ2n) is 3.49. The molecule has 17 heavy (non-hydrogen) atoms. The van der Waals surface area contributed by atoms with Gasteiger partial charge in [0.1, 0.15) is 11.5 Å². The van der Waals surface area contributed by atoms with E-state index in [4.69, 9.17) is 22.1 Å². The van der Waals surface area contributed by atoms with Crippen molar-refractivity contribution in [1.29, 1.82) is 0 Å². The van der Waals surface area contributed by atoms with Crippen molar-refractivity contribution in [1.82, 2.24) is 0 Å². The fraction of sp³-hybridized carbons (Fsp3) is 0.0769. The third-order valence-electron chi connectivity index (χ3n) is 2.31. The summed E-state index contributed by atoms with van der Waals surface area (Å²) in [7, 11) is 0. The highest BCUT2D eigenvalue weighted by Crippen LogP contribution is 2.31. The van der Waals surface area contributed by atoms with E-state index in [0.717, 1.165) is 15.8 Å². The summed E-state index contributed by atoms with van der Waals surface area (Å²) in [6.07, 6.45) is 0. The molecular formula is C13H11BrClNO. The zero-order valence-electron chi connectivity index (χ0n) is 8.99. The molecule has 0 atom stereocenters. The van der Waals surface area contributed by atoms with E-state index in [1.165, 1.54) is 0 Å². The molecule has 0 unspecified atom stereocenters. The van der Waals surface area contributed by atoms with Gasteiger partial charge in [-0.3, -0.25) is 0 Å². The van der Waals surface area contributed by atoms with E-state index in [1.807, 2.05) is 36.4 Å². The molecule has 0 amide bonds. The smallest absolute Gasteiger partial charge is 0.141 e. The Hall–Kier alpha value is -1.03. The van der Waals surface area contributed by atoms with E-state index in [0.29, 0.717) is 17.3 Å². The second-order valence-corrected chi connectivity index (χ2v) is 4.75. The summed E-state index contributed by atoms with van der Waals surface area (Å²) in [5.41, 5.74) is 6.45. The van der Waals surface area contributed by atoms with Crippen LogP contribution in [0, 0.1) is 0 Å². The zero-order chi connectivity index (χ0) is 12.3. The molecule has 0 saturated heterocycles. The Balaban J connectivity index is 2.25. The minimum atomic E-state index is 0.425. The highest BCUT2D eigenvalue weighted by Gasteiger charge is 2.04. The molecule has 2 rings (SSSR count). The summed E-state index contributed by atoms with van der Waals surface area (Å²) in [6.45, 7) is 0.425. The van der Waals surface area contributed by atoms with Crippen LogP contribution in [0.25, 0.3) is 0 Å². The Morgan fingerprint density at radius 2 is 1.94 bits per heavy atom. The van der Waals surface area contributed by atoms with Crippen molar-refractivity contribution in [2.45, 2.75) is 6.54 Å². The van der Waals surface area contributed by atoms with Crippen molar-refractivity contribution in [2.24, 2.45) is 5.73 Å². The summed E-state index contributed by atoms with van der Waals surface area (Å²) in [5.74, 6) is 1.45. The van der Waals surface area contributed by atoms with Gasteiger partial charge in [0.15, 0.2) is 0 Å². The van der Waals surface area contributed by atoms with Crippen molar-refractivity contribution in [3.05, 3.63) is 57.5 Å². The van der Waals surface area contributed by atoms with Crippen LogP contribution in [0.2, 0.25) is 5.02 Å². The fourth-order valence-electron chi connectivity index (χ4n) is 1.41. The van der Waals surface area contributed by atoms with E-state index in [9.17, 15) is 0 Å². The molecule has 0 spiro atoms. The Bertz CT molecular complexity index is 531. The normalized spacial score (nSPS) is 10.3. The van der Waals surface area contributed by atoms with Gasteiger partial charge in [-0.15, -0.1) is 0 Å². The first-order valence-electron chi connectivity index (χ1n) is 5.11.